The summed E-state index contributed by atoms with van der Waals surface area (Å²) in [4.78, 5) is 25.7. The van der Waals surface area contributed by atoms with E-state index in [2.05, 4.69) is 22.0 Å². The van der Waals surface area contributed by atoms with Crippen molar-refractivity contribution < 1.29 is 19.4 Å². The topological polar surface area (TPSA) is 66.8 Å². The van der Waals surface area contributed by atoms with Crippen LogP contribution < -0.4 is 0 Å². The van der Waals surface area contributed by atoms with Gasteiger partial charge in [-0.25, -0.2) is 4.79 Å². The highest BCUT2D eigenvalue weighted by Crippen LogP contribution is 2.23. The number of ether oxygens (including phenoxy) is 1. The molecule has 0 radical (unpaired) electrons. The summed E-state index contributed by atoms with van der Waals surface area (Å²) in [7, 11) is 0. The van der Waals surface area contributed by atoms with Crippen LogP contribution in [0.2, 0.25) is 0 Å². The van der Waals surface area contributed by atoms with Crippen LogP contribution in [-0.2, 0) is 20.7 Å². The van der Waals surface area contributed by atoms with Gasteiger partial charge in [-0.3, -0.25) is 4.79 Å². The van der Waals surface area contributed by atoms with E-state index in [0.29, 0.717) is 19.6 Å². The number of halogens is 1. The molecule has 0 unspecified atom stereocenters. The van der Waals surface area contributed by atoms with Crippen molar-refractivity contribution in [2.45, 2.75) is 25.4 Å². The average Bonchev–Trinajstić information content (AvgIpc) is 2.84. The number of thiophene rings is 1. The van der Waals surface area contributed by atoms with Gasteiger partial charge < -0.3 is 14.7 Å². The van der Waals surface area contributed by atoms with Crippen LogP contribution in [0.1, 0.15) is 17.7 Å². The molecule has 2 heterocycles. The lowest BCUT2D eigenvalue weighted by Gasteiger charge is -2.30. The quantitative estimate of drug-likeness (QED) is 0.872. The molecule has 0 aromatic carbocycles. The number of carboxylic acid groups (broad SMARTS) is 1. The summed E-state index contributed by atoms with van der Waals surface area (Å²) < 4.78 is 6.19. The van der Waals surface area contributed by atoms with Crippen molar-refractivity contribution >= 4 is 39.1 Å². The molecular weight excluding hydrogens is 346 g/mol. The molecule has 1 aliphatic rings. The molecule has 1 N–H and O–H groups in total. The first kappa shape index (κ1) is 15.5. The number of carbonyl (C=O) groups excluding carboxylic acids is 1. The molecule has 5 nitrogen and oxygen atoms in total. The van der Waals surface area contributed by atoms with Gasteiger partial charge in [0.05, 0.1) is 16.9 Å². The van der Waals surface area contributed by atoms with Gasteiger partial charge in [-0.05, 0) is 40.9 Å². The molecule has 1 fully saturated rings. The zero-order chi connectivity index (χ0) is 14.5. The Balaban J connectivity index is 1.75. The van der Waals surface area contributed by atoms with Gasteiger partial charge in [0.1, 0.15) is 0 Å². The average molecular weight is 362 g/mol. The molecule has 1 aromatic rings. The lowest BCUT2D eigenvalue weighted by molar-refractivity contribution is -0.159. The number of rotatable bonds is 5. The summed E-state index contributed by atoms with van der Waals surface area (Å²) in [5, 5.41) is 8.90. The minimum atomic E-state index is -1.01. The van der Waals surface area contributed by atoms with Crippen molar-refractivity contribution in [3.05, 3.63) is 20.8 Å². The lowest BCUT2D eigenvalue weighted by atomic mass is 10.2. The lowest BCUT2D eigenvalue weighted by Crippen LogP contribution is -2.48. The maximum absolute atomic E-state index is 12.0. The summed E-state index contributed by atoms with van der Waals surface area (Å²) in [6.07, 6.45) is 1.21. The largest absolute Gasteiger partial charge is 0.479 e. The fraction of sp³-hybridized carbons (Fsp3) is 0.538. The van der Waals surface area contributed by atoms with E-state index in [1.165, 1.54) is 4.88 Å². The minimum absolute atomic E-state index is 0.00942. The summed E-state index contributed by atoms with van der Waals surface area (Å²) in [5.74, 6) is -0.999. The van der Waals surface area contributed by atoms with Gasteiger partial charge in [0.15, 0.2) is 6.10 Å². The molecule has 1 atom stereocenters. The molecule has 0 saturated carbocycles. The summed E-state index contributed by atoms with van der Waals surface area (Å²) in [6, 6.07) is 4.05. The van der Waals surface area contributed by atoms with Gasteiger partial charge in [0, 0.05) is 17.8 Å². The van der Waals surface area contributed by atoms with E-state index in [4.69, 9.17) is 9.84 Å². The van der Waals surface area contributed by atoms with E-state index in [1.54, 1.807) is 16.2 Å². The van der Waals surface area contributed by atoms with Crippen LogP contribution >= 0.6 is 27.3 Å². The normalized spacial score (nSPS) is 19.1. The summed E-state index contributed by atoms with van der Waals surface area (Å²) in [5.41, 5.74) is 0. The molecule has 2 rings (SSSR count). The van der Waals surface area contributed by atoms with Crippen LogP contribution in [0.15, 0.2) is 15.9 Å². The van der Waals surface area contributed by atoms with E-state index in [0.717, 1.165) is 16.6 Å². The zero-order valence-corrected chi connectivity index (χ0v) is 13.3. The second-order valence-corrected chi connectivity index (χ2v) is 7.14. The minimum Gasteiger partial charge on any atom is -0.479 e. The molecular formula is C13H16BrNO4S. The number of morpholine rings is 1. The Morgan fingerprint density at radius 2 is 2.30 bits per heavy atom. The fourth-order valence-electron chi connectivity index (χ4n) is 2.08. The van der Waals surface area contributed by atoms with Crippen LogP contribution in [0, 0.1) is 0 Å². The third kappa shape index (κ3) is 4.29. The van der Waals surface area contributed by atoms with E-state index < -0.39 is 12.1 Å². The number of aryl methyl sites for hydroxylation is 1. The van der Waals surface area contributed by atoms with Crippen LogP contribution in [0.25, 0.3) is 0 Å². The molecule has 0 spiro atoms. The van der Waals surface area contributed by atoms with Gasteiger partial charge in [0.2, 0.25) is 5.91 Å². The molecule has 7 heteroatoms. The summed E-state index contributed by atoms with van der Waals surface area (Å²) >= 11 is 5.08. The zero-order valence-electron chi connectivity index (χ0n) is 10.9. The third-order valence-electron chi connectivity index (χ3n) is 3.14. The predicted octanol–water partition coefficient (Wildman–Crippen LogP) is 2.15. The Kier molecular flexibility index (Phi) is 5.56. The Hall–Kier alpha value is -0.920. The van der Waals surface area contributed by atoms with E-state index in [9.17, 15) is 9.59 Å². The molecule has 0 bridgehead atoms. The molecule has 1 aliphatic heterocycles. The Labute approximate surface area is 129 Å². The van der Waals surface area contributed by atoms with Crippen LogP contribution in [0.4, 0.5) is 0 Å². The van der Waals surface area contributed by atoms with Gasteiger partial charge in [-0.1, -0.05) is 0 Å². The van der Waals surface area contributed by atoms with Crippen LogP contribution in [0.5, 0.6) is 0 Å². The highest BCUT2D eigenvalue weighted by molar-refractivity contribution is 9.11. The SMILES string of the molecule is O=C(O)[C@H]1CN(C(=O)CCCc2ccc(Br)s2)CCO1. The smallest absolute Gasteiger partial charge is 0.334 e. The molecule has 1 amide bonds. The highest BCUT2D eigenvalue weighted by atomic mass is 79.9. The van der Waals surface area contributed by atoms with Gasteiger partial charge in [0.25, 0.3) is 0 Å². The van der Waals surface area contributed by atoms with E-state index in [1.807, 2.05) is 6.07 Å². The van der Waals surface area contributed by atoms with Crippen molar-refractivity contribution in [2.24, 2.45) is 0 Å². The van der Waals surface area contributed by atoms with Crippen molar-refractivity contribution in [1.29, 1.82) is 0 Å². The number of carbonyl (C=O) groups is 2. The van der Waals surface area contributed by atoms with Gasteiger partial charge in [-0.15, -0.1) is 11.3 Å². The number of hydrogen-bond donors (Lipinski definition) is 1. The molecule has 1 saturated heterocycles. The third-order valence-corrected chi connectivity index (χ3v) is 4.82. The first-order chi connectivity index (χ1) is 9.56. The predicted molar refractivity (Wildman–Crippen MR) is 78.9 cm³/mol. The monoisotopic (exact) mass is 361 g/mol. The van der Waals surface area contributed by atoms with E-state index in [-0.39, 0.29) is 12.5 Å². The second kappa shape index (κ2) is 7.19. The van der Waals surface area contributed by atoms with Crippen molar-refractivity contribution in [2.75, 3.05) is 19.7 Å². The maximum Gasteiger partial charge on any atom is 0.334 e. The van der Waals surface area contributed by atoms with Crippen LogP contribution in [-0.4, -0.2) is 47.7 Å². The van der Waals surface area contributed by atoms with Gasteiger partial charge >= 0.3 is 5.97 Å². The van der Waals surface area contributed by atoms with Crippen LogP contribution in [0.3, 0.4) is 0 Å². The number of carboxylic acids is 1. The number of hydrogen-bond acceptors (Lipinski definition) is 4. The Morgan fingerprint density at radius 1 is 1.50 bits per heavy atom. The van der Waals surface area contributed by atoms with Gasteiger partial charge in [-0.2, -0.15) is 0 Å². The molecule has 1 aromatic heterocycles. The first-order valence-electron chi connectivity index (χ1n) is 6.42. The molecule has 0 aliphatic carbocycles. The number of aliphatic carboxylic acids is 1. The molecule has 110 valence electrons. The highest BCUT2D eigenvalue weighted by Gasteiger charge is 2.28. The van der Waals surface area contributed by atoms with Crippen molar-refractivity contribution in [1.82, 2.24) is 4.90 Å². The molecule has 20 heavy (non-hydrogen) atoms. The number of amides is 1. The summed E-state index contributed by atoms with van der Waals surface area (Å²) in [6.45, 7) is 0.923. The maximum atomic E-state index is 12.0. The van der Waals surface area contributed by atoms with Crippen molar-refractivity contribution in [3.8, 4) is 0 Å². The Bertz CT molecular complexity index is 490. The number of nitrogens with zero attached hydrogens (tertiary/aromatic N) is 1. The second-order valence-electron chi connectivity index (χ2n) is 4.60. The standard InChI is InChI=1S/C13H16BrNO4S/c14-11-5-4-9(20-11)2-1-3-12(16)15-6-7-19-10(8-15)13(17)18/h4-5,10H,1-3,6-8H2,(H,17,18)/t10-/m1/s1. The Morgan fingerprint density at radius 3 is 2.95 bits per heavy atom. The first-order valence-corrected chi connectivity index (χ1v) is 8.03. The fourth-order valence-corrected chi connectivity index (χ4v) is 3.61. The van der Waals surface area contributed by atoms with Crippen molar-refractivity contribution in [3.63, 3.8) is 0 Å². The van der Waals surface area contributed by atoms with E-state index >= 15 is 0 Å².